The average molecular weight is 243 g/mol. The quantitative estimate of drug-likeness (QED) is 0.645. The summed E-state index contributed by atoms with van der Waals surface area (Å²) in [7, 11) is -3.47. The van der Waals surface area contributed by atoms with Crippen molar-refractivity contribution in [3.05, 3.63) is 29.8 Å². The van der Waals surface area contributed by atoms with Gasteiger partial charge < -0.3 is 11.1 Å². The number of hydrogen-bond donors (Lipinski definition) is 3. The van der Waals surface area contributed by atoms with Gasteiger partial charge in [0.1, 0.15) is 0 Å². The summed E-state index contributed by atoms with van der Waals surface area (Å²) in [5.41, 5.74) is 6.08. The van der Waals surface area contributed by atoms with E-state index < -0.39 is 15.9 Å². The normalized spacial score (nSPS) is 11.1. The lowest BCUT2D eigenvalue weighted by Gasteiger charge is -2.06. The van der Waals surface area contributed by atoms with Crippen molar-refractivity contribution >= 4 is 21.6 Å². The van der Waals surface area contributed by atoms with E-state index in [9.17, 15) is 13.2 Å². The van der Waals surface area contributed by atoms with Crippen LogP contribution in [0.25, 0.3) is 0 Å². The number of nitrogens with two attached hydrogens (primary N) is 2. The van der Waals surface area contributed by atoms with Crippen LogP contribution in [0.1, 0.15) is 10.4 Å². The summed E-state index contributed by atoms with van der Waals surface area (Å²) in [4.78, 5) is 10.9. The Morgan fingerprint density at radius 1 is 1.38 bits per heavy atom. The SMILES string of the molecule is NC(=O)c1cccc(NCCS(N)(=O)=O)c1. The first-order valence-corrected chi connectivity index (χ1v) is 6.24. The molecule has 0 radical (unpaired) electrons. The number of hydrogen-bond acceptors (Lipinski definition) is 4. The molecule has 1 aromatic rings. The molecule has 1 rings (SSSR count). The van der Waals surface area contributed by atoms with E-state index in [1.54, 1.807) is 24.3 Å². The van der Waals surface area contributed by atoms with Crippen LogP contribution >= 0.6 is 0 Å². The standard InChI is InChI=1S/C9H13N3O3S/c10-9(13)7-2-1-3-8(6-7)12-4-5-16(11,14)15/h1-3,6,12H,4-5H2,(H2,10,13)(H2,11,14,15). The maximum absolute atomic E-state index is 10.9. The summed E-state index contributed by atoms with van der Waals surface area (Å²) in [5.74, 6) is -0.705. The van der Waals surface area contributed by atoms with Crippen molar-refractivity contribution in [2.75, 3.05) is 17.6 Å². The number of amides is 1. The van der Waals surface area contributed by atoms with Crippen LogP contribution in [0.15, 0.2) is 24.3 Å². The van der Waals surface area contributed by atoms with Gasteiger partial charge in [-0.3, -0.25) is 4.79 Å². The third kappa shape index (κ3) is 4.28. The van der Waals surface area contributed by atoms with Gasteiger partial charge >= 0.3 is 0 Å². The molecule has 0 saturated carbocycles. The number of carbonyl (C=O) groups is 1. The lowest BCUT2D eigenvalue weighted by atomic mass is 10.2. The summed E-state index contributed by atoms with van der Waals surface area (Å²) in [5, 5.41) is 7.67. The predicted octanol–water partition coefficient (Wildman–Crippen LogP) is -0.514. The lowest BCUT2D eigenvalue weighted by Crippen LogP contribution is -2.22. The predicted molar refractivity (Wildman–Crippen MR) is 61.4 cm³/mol. The fourth-order valence-corrected chi connectivity index (χ4v) is 1.51. The smallest absolute Gasteiger partial charge is 0.248 e. The molecule has 0 aliphatic carbocycles. The fourth-order valence-electron chi connectivity index (χ4n) is 1.12. The van der Waals surface area contributed by atoms with E-state index in [1.807, 2.05) is 0 Å². The molecular weight excluding hydrogens is 230 g/mol. The van der Waals surface area contributed by atoms with Gasteiger partial charge in [0.15, 0.2) is 0 Å². The van der Waals surface area contributed by atoms with Gasteiger partial charge in [-0.15, -0.1) is 0 Å². The highest BCUT2D eigenvalue weighted by molar-refractivity contribution is 7.89. The highest BCUT2D eigenvalue weighted by Crippen LogP contribution is 2.09. The molecule has 5 N–H and O–H groups in total. The van der Waals surface area contributed by atoms with Crippen LogP contribution in [-0.2, 0) is 10.0 Å². The summed E-state index contributed by atoms with van der Waals surface area (Å²) in [6.07, 6.45) is 0. The van der Waals surface area contributed by atoms with Gasteiger partial charge in [0.2, 0.25) is 15.9 Å². The van der Waals surface area contributed by atoms with Crippen LogP contribution in [0, 0.1) is 0 Å². The average Bonchev–Trinajstić information content (AvgIpc) is 2.16. The van der Waals surface area contributed by atoms with E-state index in [0.717, 1.165) is 0 Å². The molecular formula is C9H13N3O3S. The molecule has 7 heteroatoms. The van der Waals surface area contributed by atoms with Gasteiger partial charge in [0, 0.05) is 17.8 Å². The van der Waals surface area contributed by atoms with Gasteiger partial charge in [0.25, 0.3) is 0 Å². The molecule has 0 atom stereocenters. The second-order valence-corrected chi connectivity index (χ2v) is 4.97. The zero-order valence-electron chi connectivity index (χ0n) is 8.51. The molecule has 1 amide bonds. The first-order chi connectivity index (χ1) is 7.38. The first kappa shape index (κ1) is 12.5. The molecule has 0 aliphatic rings. The van der Waals surface area contributed by atoms with Gasteiger partial charge in [-0.2, -0.15) is 0 Å². The summed E-state index contributed by atoms with van der Waals surface area (Å²) < 4.78 is 21.3. The molecule has 88 valence electrons. The molecule has 0 fully saturated rings. The number of sulfonamides is 1. The lowest BCUT2D eigenvalue weighted by molar-refractivity contribution is 0.100. The first-order valence-electron chi connectivity index (χ1n) is 4.53. The molecule has 6 nitrogen and oxygen atoms in total. The van der Waals surface area contributed by atoms with E-state index >= 15 is 0 Å². The van der Waals surface area contributed by atoms with Crippen molar-refractivity contribution in [1.82, 2.24) is 0 Å². The van der Waals surface area contributed by atoms with Crippen LogP contribution in [0.3, 0.4) is 0 Å². The molecule has 0 saturated heterocycles. The van der Waals surface area contributed by atoms with E-state index in [-0.39, 0.29) is 12.3 Å². The topological polar surface area (TPSA) is 115 Å². The molecule has 16 heavy (non-hydrogen) atoms. The van der Waals surface area contributed by atoms with E-state index in [4.69, 9.17) is 10.9 Å². The summed E-state index contributed by atoms with van der Waals surface area (Å²) in [6, 6.07) is 6.48. The number of anilines is 1. The minimum Gasteiger partial charge on any atom is -0.384 e. The largest absolute Gasteiger partial charge is 0.384 e. The Labute approximate surface area is 93.7 Å². The summed E-state index contributed by atoms with van der Waals surface area (Å²) in [6.45, 7) is 0.182. The van der Waals surface area contributed by atoms with Crippen molar-refractivity contribution in [3.8, 4) is 0 Å². The van der Waals surface area contributed by atoms with Gasteiger partial charge in [-0.1, -0.05) is 6.07 Å². The van der Waals surface area contributed by atoms with Crippen LogP contribution < -0.4 is 16.2 Å². The molecule has 0 aromatic heterocycles. The summed E-state index contributed by atoms with van der Waals surface area (Å²) >= 11 is 0. The number of primary sulfonamides is 1. The molecule has 0 heterocycles. The van der Waals surface area contributed by atoms with Crippen LogP contribution in [0.2, 0.25) is 0 Å². The van der Waals surface area contributed by atoms with Gasteiger partial charge in [-0.05, 0) is 18.2 Å². The molecule has 0 spiro atoms. The van der Waals surface area contributed by atoms with Crippen molar-refractivity contribution in [2.24, 2.45) is 10.9 Å². The zero-order valence-corrected chi connectivity index (χ0v) is 9.33. The second kappa shape index (κ2) is 4.95. The minimum absolute atomic E-state index is 0.173. The van der Waals surface area contributed by atoms with Crippen molar-refractivity contribution < 1.29 is 13.2 Å². The fraction of sp³-hybridized carbons (Fsp3) is 0.222. The maximum Gasteiger partial charge on any atom is 0.248 e. The minimum atomic E-state index is -3.47. The third-order valence-electron chi connectivity index (χ3n) is 1.86. The second-order valence-electron chi connectivity index (χ2n) is 3.24. The van der Waals surface area contributed by atoms with Crippen molar-refractivity contribution in [3.63, 3.8) is 0 Å². The highest BCUT2D eigenvalue weighted by Gasteiger charge is 2.03. The van der Waals surface area contributed by atoms with Crippen LogP contribution in [0.4, 0.5) is 5.69 Å². The Morgan fingerprint density at radius 2 is 2.06 bits per heavy atom. The monoisotopic (exact) mass is 243 g/mol. The number of nitrogens with one attached hydrogen (secondary N) is 1. The molecule has 0 aliphatic heterocycles. The van der Waals surface area contributed by atoms with Crippen LogP contribution in [0.5, 0.6) is 0 Å². The number of carbonyl (C=O) groups excluding carboxylic acids is 1. The zero-order chi connectivity index (χ0) is 12.2. The Hall–Kier alpha value is -1.60. The Bertz CT molecular complexity index is 485. The Morgan fingerprint density at radius 3 is 2.62 bits per heavy atom. The Balaban J connectivity index is 2.61. The third-order valence-corrected chi connectivity index (χ3v) is 2.64. The van der Waals surface area contributed by atoms with Gasteiger partial charge in [-0.25, -0.2) is 13.6 Å². The number of benzene rings is 1. The maximum atomic E-state index is 10.9. The number of rotatable bonds is 5. The number of primary amides is 1. The van der Waals surface area contributed by atoms with E-state index in [2.05, 4.69) is 5.32 Å². The molecule has 1 aromatic carbocycles. The van der Waals surface area contributed by atoms with E-state index in [0.29, 0.717) is 11.3 Å². The van der Waals surface area contributed by atoms with Crippen molar-refractivity contribution in [1.29, 1.82) is 0 Å². The molecule has 0 bridgehead atoms. The van der Waals surface area contributed by atoms with Gasteiger partial charge in [0.05, 0.1) is 5.75 Å². The van der Waals surface area contributed by atoms with E-state index in [1.165, 1.54) is 0 Å². The van der Waals surface area contributed by atoms with Crippen LogP contribution in [-0.4, -0.2) is 26.6 Å². The van der Waals surface area contributed by atoms with Crippen molar-refractivity contribution in [2.45, 2.75) is 0 Å². The Kier molecular flexibility index (Phi) is 3.86. The highest BCUT2D eigenvalue weighted by atomic mass is 32.2. The molecule has 0 unspecified atom stereocenters.